The second kappa shape index (κ2) is 13.2. The van der Waals surface area contributed by atoms with E-state index in [0.717, 1.165) is 0 Å². The Labute approximate surface area is 358 Å². The van der Waals surface area contributed by atoms with Crippen LogP contribution in [0.4, 0.5) is 28.4 Å². The monoisotopic (exact) mass is 792 g/mol. The highest BCUT2D eigenvalue weighted by atomic mass is 32.1. The first-order chi connectivity index (χ1) is 28.8. The van der Waals surface area contributed by atoms with Crippen molar-refractivity contribution in [3.8, 4) is 22.3 Å². The summed E-state index contributed by atoms with van der Waals surface area (Å²) in [6.45, 7) is 18.3. The highest BCUT2D eigenvalue weighted by Crippen LogP contribution is 2.52. The maximum Gasteiger partial charge on any atom is 0.333 e. The van der Waals surface area contributed by atoms with Crippen molar-refractivity contribution in [2.45, 2.75) is 66.2 Å². The van der Waals surface area contributed by atoms with Crippen LogP contribution in [-0.4, -0.2) is 6.85 Å². The molecule has 2 nitrogen and oxygen atoms in total. The van der Waals surface area contributed by atoms with E-state index in [1.165, 1.54) is 115 Å². The molecule has 0 radical (unpaired) electrons. The van der Waals surface area contributed by atoms with Crippen molar-refractivity contribution in [2.75, 3.05) is 9.71 Å². The van der Waals surface area contributed by atoms with E-state index in [2.05, 4.69) is 217 Å². The average Bonchev–Trinajstić information content (AvgIpc) is 3.60. The van der Waals surface area contributed by atoms with E-state index in [1.807, 2.05) is 11.3 Å². The highest BCUT2D eigenvalue weighted by Gasteiger charge is 2.46. The third-order valence-corrected chi connectivity index (χ3v) is 14.3. The number of aryl methyl sites for hydroxylation is 2. The molecular formula is C56H49BN2S. The summed E-state index contributed by atoms with van der Waals surface area (Å²) in [5.74, 6) is 0. The van der Waals surface area contributed by atoms with Crippen LogP contribution in [0.25, 0.3) is 53.2 Å². The SMILES string of the molecule is Cc1ccccc1-c1cc2c3c(c1)N(c1ccc(C(C)(C)C)cc1C)c1cc4sc5ccccc5c4cc1B3N(c1ccc(C(C)(C)C)cc1)c1ccc3ccccc3c1-2. The lowest BCUT2D eigenvalue weighted by molar-refractivity contribution is 0.589. The van der Waals surface area contributed by atoms with Crippen LogP contribution in [0, 0.1) is 13.8 Å². The topological polar surface area (TPSA) is 6.48 Å². The normalized spacial score (nSPS) is 13.6. The summed E-state index contributed by atoms with van der Waals surface area (Å²) < 4.78 is 2.63. The van der Waals surface area contributed by atoms with Gasteiger partial charge in [0.25, 0.3) is 0 Å². The van der Waals surface area contributed by atoms with Gasteiger partial charge in [-0.2, -0.15) is 0 Å². The maximum atomic E-state index is 2.67. The van der Waals surface area contributed by atoms with E-state index in [9.17, 15) is 0 Å². The van der Waals surface area contributed by atoms with Crippen molar-refractivity contribution >= 4 is 88.5 Å². The van der Waals surface area contributed by atoms with E-state index < -0.39 is 0 Å². The fraction of sp³-hybridized carbons (Fsp3) is 0.179. The van der Waals surface area contributed by atoms with Gasteiger partial charge in [-0.1, -0.05) is 145 Å². The molecule has 0 saturated carbocycles. The largest absolute Gasteiger partial charge is 0.376 e. The van der Waals surface area contributed by atoms with E-state index >= 15 is 0 Å². The smallest absolute Gasteiger partial charge is 0.333 e. The number of hydrogen-bond donors (Lipinski definition) is 0. The molecule has 0 aliphatic carbocycles. The van der Waals surface area contributed by atoms with Crippen molar-refractivity contribution in [1.29, 1.82) is 0 Å². The number of hydrogen-bond acceptors (Lipinski definition) is 3. The molecule has 0 N–H and O–H groups in total. The van der Waals surface area contributed by atoms with Gasteiger partial charge in [-0.3, -0.25) is 0 Å². The summed E-state index contributed by atoms with van der Waals surface area (Å²) in [5.41, 5.74) is 19.2. The van der Waals surface area contributed by atoms with Crippen molar-refractivity contribution in [1.82, 2.24) is 0 Å². The van der Waals surface area contributed by atoms with Crippen molar-refractivity contribution in [2.24, 2.45) is 0 Å². The van der Waals surface area contributed by atoms with Crippen molar-refractivity contribution in [3.63, 3.8) is 0 Å². The van der Waals surface area contributed by atoms with E-state index in [-0.39, 0.29) is 17.7 Å². The van der Waals surface area contributed by atoms with Crippen molar-refractivity contribution < 1.29 is 0 Å². The van der Waals surface area contributed by atoms with Gasteiger partial charge < -0.3 is 9.71 Å². The van der Waals surface area contributed by atoms with Crippen LogP contribution in [0.3, 0.4) is 0 Å². The molecule has 0 atom stereocenters. The molecule has 3 heterocycles. The van der Waals surface area contributed by atoms with Crippen LogP contribution >= 0.6 is 11.3 Å². The molecular weight excluding hydrogens is 744 g/mol. The molecule has 11 rings (SSSR count). The lowest BCUT2D eigenvalue weighted by Gasteiger charge is -2.46. The average molecular weight is 793 g/mol. The van der Waals surface area contributed by atoms with Gasteiger partial charge in [-0.05, 0) is 134 Å². The minimum Gasteiger partial charge on any atom is -0.376 e. The molecule has 0 fully saturated rings. The molecule has 0 spiro atoms. The van der Waals surface area contributed by atoms with E-state index in [1.54, 1.807) is 0 Å². The highest BCUT2D eigenvalue weighted by molar-refractivity contribution is 7.26. The molecule has 60 heavy (non-hydrogen) atoms. The second-order valence-electron chi connectivity index (χ2n) is 19.1. The Balaban J connectivity index is 1.31. The molecule has 1 aromatic heterocycles. The zero-order chi connectivity index (χ0) is 41.2. The van der Waals surface area contributed by atoms with Gasteiger partial charge in [-0.25, -0.2) is 0 Å². The summed E-state index contributed by atoms with van der Waals surface area (Å²) in [6.07, 6.45) is 0. The number of nitrogens with zero attached hydrogens (tertiary/aromatic N) is 2. The van der Waals surface area contributed by atoms with Crippen LogP contribution in [0.15, 0.2) is 152 Å². The zero-order valence-corrected chi connectivity index (χ0v) is 36.6. The molecule has 9 aromatic rings. The summed E-state index contributed by atoms with van der Waals surface area (Å²) in [4.78, 5) is 5.29. The van der Waals surface area contributed by atoms with Crippen LogP contribution in [0.5, 0.6) is 0 Å². The molecule has 0 amide bonds. The number of rotatable bonds is 3. The predicted octanol–water partition coefficient (Wildman–Crippen LogP) is 14.8. The lowest BCUT2D eigenvalue weighted by atomic mass is 9.43. The molecule has 0 bridgehead atoms. The maximum absolute atomic E-state index is 2.67. The Morgan fingerprint density at radius 2 is 1.17 bits per heavy atom. The Kier molecular flexibility index (Phi) is 8.13. The fourth-order valence-corrected chi connectivity index (χ4v) is 11.2. The molecule has 2 aliphatic rings. The van der Waals surface area contributed by atoms with E-state index in [0.29, 0.717) is 0 Å². The van der Waals surface area contributed by atoms with Gasteiger partial charge in [0.2, 0.25) is 0 Å². The van der Waals surface area contributed by atoms with Gasteiger partial charge in [0, 0.05) is 54.2 Å². The fourth-order valence-electron chi connectivity index (χ4n) is 10.0. The number of fused-ring (bicyclic) bond motifs is 9. The van der Waals surface area contributed by atoms with Gasteiger partial charge in [0.15, 0.2) is 0 Å². The molecule has 292 valence electrons. The third kappa shape index (κ3) is 5.61. The van der Waals surface area contributed by atoms with Crippen LogP contribution in [0.2, 0.25) is 0 Å². The Morgan fingerprint density at radius 3 is 1.92 bits per heavy atom. The van der Waals surface area contributed by atoms with Gasteiger partial charge in [-0.15, -0.1) is 11.3 Å². The first-order valence-corrected chi connectivity index (χ1v) is 22.2. The van der Waals surface area contributed by atoms with Gasteiger partial charge in [0.1, 0.15) is 0 Å². The molecule has 0 saturated heterocycles. The molecule has 0 unspecified atom stereocenters. The first kappa shape index (κ1) is 36.9. The minimum atomic E-state index is -0.0847. The second-order valence-corrected chi connectivity index (χ2v) is 20.2. The summed E-state index contributed by atoms with van der Waals surface area (Å²) in [7, 11) is 0. The lowest BCUT2D eigenvalue weighted by Crippen LogP contribution is -2.61. The number of benzene rings is 8. The van der Waals surface area contributed by atoms with Crippen molar-refractivity contribution in [3.05, 3.63) is 174 Å². The zero-order valence-electron chi connectivity index (χ0n) is 35.8. The van der Waals surface area contributed by atoms with Gasteiger partial charge >= 0.3 is 6.85 Å². The van der Waals surface area contributed by atoms with Crippen LogP contribution < -0.4 is 20.6 Å². The standard InChI is InChI=1S/C56H49BN2S/c1-34-15-9-11-17-41(34)37-30-45-53-42-18-12-10-16-36(42)21-27-48(53)59(40-25-22-38(23-26-40)55(3,4)5)57-46-32-44-43-19-13-14-20-51(43)60-52(44)33-49(46)58(50(31-37)54(45)57)47-28-24-39(29-35(47)2)56(6,7)8/h9-33H,1-8H3. The first-order valence-electron chi connectivity index (χ1n) is 21.4. The Bertz CT molecular complexity index is 3210. The number of thiophene rings is 1. The predicted molar refractivity (Wildman–Crippen MR) is 263 cm³/mol. The van der Waals surface area contributed by atoms with Crippen LogP contribution in [0.1, 0.15) is 63.8 Å². The Morgan fingerprint density at radius 1 is 0.483 bits per heavy atom. The van der Waals surface area contributed by atoms with E-state index in [4.69, 9.17) is 0 Å². The minimum absolute atomic E-state index is 0.0369. The summed E-state index contributed by atoms with van der Waals surface area (Å²) in [6, 6.07) is 58.1. The molecule has 2 aliphatic heterocycles. The Hall–Kier alpha value is -6.10. The summed E-state index contributed by atoms with van der Waals surface area (Å²) >= 11 is 1.90. The summed E-state index contributed by atoms with van der Waals surface area (Å²) in [5, 5.41) is 5.17. The third-order valence-electron chi connectivity index (χ3n) is 13.2. The van der Waals surface area contributed by atoms with Crippen LogP contribution in [-0.2, 0) is 10.8 Å². The van der Waals surface area contributed by atoms with Gasteiger partial charge in [0.05, 0.1) is 0 Å². The molecule has 4 heteroatoms. The quantitative estimate of drug-likeness (QED) is 0.164. The number of anilines is 5. The molecule has 8 aromatic carbocycles.